The molecule has 146 valence electrons. The van der Waals surface area contributed by atoms with E-state index in [1.165, 1.54) is 30.3 Å². The molecular weight excluding hydrogens is 405 g/mol. The lowest BCUT2D eigenvalue weighted by Gasteiger charge is -2.17. The Hall–Kier alpha value is -2.26. The molecule has 2 N–H and O–H groups in total. The van der Waals surface area contributed by atoms with Gasteiger partial charge < -0.3 is 5.32 Å². The van der Waals surface area contributed by atoms with Crippen molar-refractivity contribution >= 4 is 38.9 Å². The van der Waals surface area contributed by atoms with Gasteiger partial charge in [-0.1, -0.05) is 25.4 Å². The molecule has 0 spiro atoms. The molecule has 0 aliphatic heterocycles. The quantitative estimate of drug-likeness (QED) is 0.732. The highest BCUT2D eigenvalue weighted by Crippen LogP contribution is 2.37. The number of amides is 1. The van der Waals surface area contributed by atoms with Crippen molar-refractivity contribution in [1.82, 2.24) is 0 Å². The summed E-state index contributed by atoms with van der Waals surface area (Å²) in [6, 6.07) is 7.79. The van der Waals surface area contributed by atoms with Gasteiger partial charge in [0.2, 0.25) is 5.91 Å². The fourth-order valence-corrected chi connectivity index (χ4v) is 3.26. The normalized spacial score (nSPS) is 12.1. The highest BCUT2D eigenvalue weighted by molar-refractivity contribution is 7.92. The maximum Gasteiger partial charge on any atom is 0.418 e. The fraction of sp³-hybridized carbons (Fsp3) is 0.235. The molecule has 0 saturated carbocycles. The number of hydrogen-bond acceptors (Lipinski definition) is 3. The first-order valence-electron chi connectivity index (χ1n) is 7.70. The maximum atomic E-state index is 13.4. The average molecular weight is 421 g/mol. The van der Waals surface area contributed by atoms with Gasteiger partial charge in [0.25, 0.3) is 10.0 Å². The molecule has 2 aromatic carbocycles. The highest BCUT2D eigenvalue weighted by Gasteiger charge is 2.35. The van der Waals surface area contributed by atoms with Crippen molar-refractivity contribution in [3.05, 3.63) is 53.1 Å². The summed E-state index contributed by atoms with van der Waals surface area (Å²) in [5, 5.41) is 2.64. The third-order valence-electron chi connectivity index (χ3n) is 3.49. The van der Waals surface area contributed by atoms with Crippen molar-refractivity contribution in [3.63, 3.8) is 0 Å². The Kier molecular flexibility index (Phi) is 6.06. The first-order valence-corrected chi connectivity index (χ1v) is 9.57. The Labute approximate surface area is 159 Å². The first kappa shape index (κ1) is 21.0. The third-order valence-corrected chi connectivity index (χ3v) is 5.12. The summed E-state index contributed by atoms with van der Waals surface area (Å²) in [6.07, 6.45) is -4.84. The number of carbonyl (C=O) groups excluding carboxylic acids is 1. The number of rotatable bonds is 5. The van der Waals surface area contributed by atoms with Gasteiger partial charge in [0.1, 0.15) is 0 Å². The molecule has 0 aromatic heterocycles. The molecule has 27 heavy (non-hydrogen) atoms. The lowest BCUT2D eigenvalue weighted by molar-refractivity contribution is -0.137. The molecule has 1 amide bonds. The standard InChI is InChI=1S/C17H16ClF3N2O3S/c1-10(2)16(24)22-12-5-8-15(14(9-12)17(19,20)21)23-27(25,26)13-6-3-11(18)4-7-13/h3-10,23H,1-2H3,(H,22,24). The zero-order chi connectivity index (χ0) is 20.4. The van der Waals surface area contributed by atoms with Crippen LogP contribution in [0.3, 0.4) is 0 Å². The van der Waals surface area contributed by atoms with Crippen LogP contribution in [0, 0.1) is 5.92 Å². The SMILES string of the molecule is CC(C)C(=O)Nc1ccc(NS(=O)(=O)c2ccc(Cl)cc2)c(C(F)(F)F)c1. The van der Waals surface area contributed by atoms with Gasteiger partial charge in [-0.05, 0) is 42.5 Å². The van der Waals surface area contributed by atoms with E-state index in [9.17, 15) is 26.4 Å². The van der Waals surface area contributed by atoms with Crippen molar-refractivity contribution in [2.24, 2.45) is 5.92 Å². The number of benzene rings is 2. The third kappa shape index (κ3) is 5.36. The number of anilines is 2. The van der Waals surface area contributed by atoms with Crippen molar-refractivity contribution in [1.29, 1.82) is 0 Å². The molecule has 0 aliphatic carbocycles. The lowest BCUT2D eigenvalue weighted by Crippen LogP contribution is -2.20. The largest absolute Gasteiger partial charge is 0.418 e. The van der Waals surface area contributed by atoms with E-state index in [4.69, 9.17) is 11.6 Å². The zero-order valence-electron chi connectivity index (χ0n) is 14.3. The number of carbonyl (C=O) groups is 1. The molecule has 0 bridgehead atoms. The maximum absolute atomic E-state index is 13.4. The van der Waals surface area contributed by atoms with Crippen LogP contribution < -0.4 is 10.0 Å². The molecular formula is C17H16ClF3N2O3S. The molecule has 0 atom stereocenters. The van der Waals surface area contributed by atoms with Crippen LogP contribution in [0.2, 0.25) is 5.02 Å². The molecule has 2 rings (SSSR count). The fourth-order valence-electron chi connectivity index (χ4n) is 2.05. The van der Waals surface area contributed by atoms with Gasteiger partial charge in [-0.2, -0.15) is 13.2 Å². The first-order chi connectivity index (χ1) is 12.4. The molecule has 0 fully saturated rings. The second kappa shape index (κ2) is 7.77. The number of nitrogens with one attached hydrogen (secondary N) is 2. The molecule has 0 aliphatic rings. The van der Waals surface area contributed by atoms with Crippen molar-refractivity contribution < 1.29 is 26.4 Å². The smallest absolute Gasteiger partial charge is 0.326 e. The van der Waals surface area contributed by atoms with Crippen LogP contribution in [0.4, 0.5) is 24.5 Å². The summed E-state index contributed by atoms with van der Waals surface area (Å²) in [5.41, 5.74) is -1.96. The van der Waals surface area contributed by atoms with E-state index >= 15 is 0 Å². The summed E-state index contributed by atoms with van der Waals surface area (Å²) in [5.74, 6) is -0.889. The Morgan fingerprint density at radius 2 is 1.67 bits per heavy atom. The molecule has 0 heterocycles. The van der Waals surface area contributed by atoms with Gasteiger partial charge in [0.15, 0.2) is 0 Å². The summed E-state index contributed by atoms with van der Waals surface area (Å²) in [4.78, 5) is 11.4. The van der Waals surface area contributed by atoms with Crippen molar-refractivity contribution in [2.45, 2.75) is 24.9 Å². The Morgan fingerprint density at radius 3 is 2.19 bits per heavy atom. The second-order valence-electron chi connectivity index (χ2n) is 5.96. The molecule has 2 aromatic rings. The zero-order valence-corrected chi connectivity index (χ0v) is 15.8. The van der Waals surface area contributed by atoms with Crippen LogP contribution in [0.25, 0.3) is 0 Å². The van der Waals surface area contributed by atoms with Crippen LogP contribution in [0.5, 0.6) is 0 Å². The van der Waals surface area contributed by atoms with Gasteiger partial charge in [-0.25, -0.2) is 8.42 Å². The second-order valence-corrected chi connectivity index (χ2v) is 8.08. The van der Waals surface area contributed by atoms with Crippen molar-refractivity contribution in [2.75, 3.05) is 10.0 Å². The molecule has 0 saturated heterocycles. The van der Waals surface area contributed by atoms with E-state index in [1.807, 2.05) is 4.72 Å². The summed E-state index contributed by atoms with van der Waals surface area (Å²) < 4.78 is 66.8. The minimum Gasteiger partial charge on any atom is -0.326 e. The Bertz CT molecular complexity index is 943. The van der Waals surface area contributed by atoms with E-state index in [0.717, 1.165) is 6.07 Å². The van der Waals surface area contributed by atoms with Gasteiger partial charge in [0, 0.05) is 16.6 Å². The summed E-state index contributed by atoms with van der Waals surface area (Å²) >= 11 is 5.69. The predicted molar refractivity (Wildman–Crippen MR) is 97.2 cm³/mol. The lowest BCUT2D eigenvalue weighted by atomic mass is 10.1. The van der Waals surface area contributed by atoms with E-state index in [1.54, 1.807) is 13.8 Å². The Morgan fingerprint density at radius 1 is 1.07 bits per heavy atom. The number of hydrogen-bond donors (Lipinski definition) is 2. The predicted octanol–water partition coefficient (Wildman–Crippen LogP) is 4.75. The van der Waals surface area contributed by atoms with Gasteiger partial charge in [-0.3, -0.25) is 9.52 Å². The van der Waals surface area contributed by atoms with Crippen molar-refractivity contribution in [3.8, 4) is 0 Å². The van der Waals surface area contributed by atoms with Gasteiger partial charge in [0.05, 0.1) is 16.1 Å². The number of halogens is 4. The molecule has 10 heteroatoms. The van der Waals surface area contributed by atoms with Crippen LogP contribution >= 0.6 is 11.6 Å². The Balaban J connectivity index is 2.41. The van der Waals surface area contributed by atoms with Crippen LogP contribution in [-0.2, 0) is 21.0 Å². The highest BCUT2D eigenvalue weighted by atomic mass is 35.5. The molecule has 5 nitrogen and oxygen atoms in total. The van der Waals surface area contributed by atoms with Crippen LogP contribution in [-0.4, -0.2) is 14.3 Å². The summed E-state index contributed by atoms with van der Waals surface area (Å²) in [6.45, 7) is 3.18. The average Bonchev–Trinajstić information content (AvgIpc) is 2.55. The molecule has 0 radical (unpaired) electrons. The number of alkyl halides is 3. The van der Waals surface area contributed by atoms with E-state index in [-0.39, 0.29) is 15.6 Å². The van der Waals surface area contributed by atoms with Gasteiger partial charge in [-0.15, -0.1) is 0 Å². The minimum atomic E-state index is -4.84. The van der Waals surface area contributed by atoms with Crippen LogP contribution in [0.15, 0.2) is 47.4 Å². The monoisotopic (exact) mass is 420 g/mol. The van der Waals surface area contributed by atoms with E-state index in [0.29, 0.717) is 6.07 Å². The van der Waals surface area contributed by atoms with Crippen LogP contribution in [0.1, 0.15) is 19.4 Å². The summed E-state index contributed by atoms with van der Waals surface area (Å²) in [7, 11) is -4.26. The topological polar surface area (TPSA) is 75.3 Å². The molecule has 0 unspecified atom stereocenters. The van der Waals surface area contributed by atoms with E-state index < -0.39 is 39.3 Å². The van der Waals surface area contributed by atoms with Gasteiger partial charge >= 0.3 is 6.18 Å². The van der Waals surface area contributed by atoms with E-state index in [2.05, 4.69) is 5.32 Å². The number of sulfonamides is 1. The minimum absolute atomic E-state index is 0.0875.